The lowest BCUT2D eigenvalue weighted by molar-refractivity contribution is -0.154. The van der Waals surface area contributed by atoms with E-state index in [0.29, 0.717) is 32.2 Å². The summed E-state index contributed by atoms with van der Waals surface area (Å²) in [6, 6.07) is 15.8. The van der Waals surface area contributed by atoms with Crippen LogP contribution in [0.4, 0.5) is 6.01 Å². The van der Waals surface area contributed by atoms with Crippen molar-refractivity contribution in [2.24, 2.45) is 0 Å². The Bertz CT molecular complexity index is 889. The van der Waals surface area contributed by atoms with Gasteiger partial charge in [0.05, 0.1) is 13.2 Å². The van der Waals surface area contributed by atoms with E-state index in [2.05, 4.69) is 4.98 Å². The second kappa shape index (κ2) is 9.93. The van der Waals surface area contributed by atoms with E-state index >= 15 is 0 Å². The van der Waals surface area contributed by atoms with Gasteiger partial charge in [0.25, 0.3) is 6.01 Å². The molecule has 0 fully saturated rings. The van der Waals surface area contributed by atoms with Crippen LogP contribution < -0.4 is 9.64 Å². The Balaban J connectivity index is 1.49. The summed E-state index contributed by atoms with van der Waals surface area (Å²) in [6.45, 7) is 3.23. The van der Waals surface area contributed by atoms with Gasteiger partial charge >= 0.3 is 5.97 Å². The van der Waals surface area contributed by atoms with Crippen molar-refractivity contribution in [2.45, 2.75) is 19.4 Å². The van der Waals surface area contributed by atoms with Crippen LogP contribution in [0.1, 0.15) is 12.5 Å². The van der Waals surface area contributed by atoms with E-state index in [1.165, 1.54) is 7.11 Å². The maximum Gasteiger partial charge on any atom is 0.335 e. The number of hydrogen-bond acceptors (Lipinski definition) is 7. The molecule has 0 aliphatic rings. The van der Waals surface area contributed by atoms with Gasteiger partial charge in [0, 0.05) is 20.6 Å². The van der Waals surface area contributed by atoms with Crippen LogP contribution in [0.15, 0.2) is 52.9 Å². The maximum atomic E-state index is 11.8. The average Bonchev–Trinajstić information content (AvgIpc) is 3.17. The van der Waals surface area contributed by atoms with Crippen molar-refractivity contribution >= 4 is 23.1 Å². The number of fused-ring (bicyclic) bond motifs is 1. The SMILES string of the molecule is CCOC(=O)C(Cc1ccc(OCCN(C)c2nc3ccccc3o2)cc1)OC. The standard InChI is InChI=1S/C22H26N2O5/c1-4-27-21(25)20(26-3)15-16-9-11-17(12-10-16)28-14-13-24(2)22-23-18-7-5-6-8-19(18)29-22/h5-12,20H,4,13-15H2,1-3H3. The molecular formula is C22H26N2O5. The zero-order valence-electron chi connectivity index (χ0n) is 17.0. The number of esters is 1. The van der Waals surface area contributed by atoms with Gasteiger partial charge < -0.3 is 23.5 Å². The Kier molecular flexibility index (Phi) is 7.08. The predicted molar refractivity (Wildman–Crippen MR) is 110 cm³/mol. The van der Waals surface area contributed by atoms with Crippen molar-refractivity contribution in [3.63, 3.8) is 0 Å². The van der Waals surface area contributed by atoms with E-state index in [4.69, 9.17) is 18.6 Å². The molecule has 0 spiro atoms. The van der Waals surface area contributed by atoms with Crippen molar-refractivity contribution in [2.75, 3.05) is 38.8 Å². The number of benzene rings is 2. The summed E-state index contributed by atoms with van der Waals surface area (Å²) in [5.41, 5.74) is 2.58. The minimum absolute atomic E-state index is 0.337. The van der Waals surface area contributed by atoms with Crippen LogP contribution in [0.5, 0.6) is 5.75 Å². The van der Waals surface area contributed by atoms with Crippen LogP contribution in [0.25, 0.3) is 11.1 Å². The zero-order valence-corrected chi connectivity index (χ0v) is 17.0. The lowest BCUT2D eigenvalue weighted by Gasteiger charge is -2.16. The molecule has 1 heterocycles. The number of aromatic nitrogens is 1. The van der Waals surface area contributed by atoms with E-state index < -0.39 is 6.10 Å². The van der Waals surface area contributed by atoms with Gasteiger partial charge in [0.2, 0.25) is 0 Å². The number of oxazole rings is 1. The molecule has 1 aromatic heterocycles. The normalized spacial score (nSPS) is 12.0. The fourth-order valence-electron chi connectivity index (χ4n) is 2.85. The molecule has 0 bridgehead atoms. The van der Waals surface area contributed by atoms with Gasteiger partial charge in [-0.2, -0.15) is 4.98 Å². The minimum atomic E-state index is -0.605. The molecule has 0 radical (unpaired) electrons. The van der Waals surface area contributed by atoms with Crippen molar-refractivity contribution in [1.29, 1.82) is 0 Å². The number of rotatable bonds is 10. The number of ether oxygens (including phenoxy) is 3. The fraction of sp³-hybridized carbons (Fsp3) is 0.364. The highest BCUT2D eigenvalue weighted by Gasteiger charge is 2.19. The fourth-order valence-corrected chi connectivity index (χ4v) is 2.85. The van der Waals surface area contributed by atoms with Gasteiger partial charge in [-0.3, -0.25) is 0 Å². The second-order valence-electron chi connectivity index (χ2n) is 6.56. The zero-order chi connectivity index (χ0) is 20.6. The Hall–Kier alpha value is -3.06. The average molecular weight is 398 g/mol. The number of hydrogen-bond donors (Lipinski definition) is 0. The molecule has 2 aromatic carbocycles. The summed E-state index contributed by atoms with van der Waals surface area (Å²) in [5.74, 6) is 0.405. The van der Waals surface area contributed by atoms with Crippen LogP contribution >= 0.6 is 0 Å². The first-order valence-corrected chi connectivity index (χ1v) is 9.58. The highest BCUT2D eigenvalue weighted by Crippen LogP contribution is 2.20. The molecule has 0 N–H and O–H groups in total. The third-order valence-electron chi connectivity index (χ3n) is 4.48. The lowest BCUT2D eigenvalue weighted by atomic mass is 10.1. The summed E-state index contributed by atoms with van der Waals surface area (Å²) in [6.07, 6.45) is -0.150. The third-order valence-corrected chi connectivity index (χ3v) is 4.48. The predicted octanol–water partition coefficient (Wildman–Crippen LogP) is 3.46. The second-order valence-corrected chi connectivity index (χ2v) is 6.56. The molecule has 3 rings (SSSR count). The molecule has 0 saturated carbocycles. The molecule has 7 nitrogen and oxygen atoms in total. The Morgan fingerprint density at radius 3 is 2.62 bits per heavy atom. The summed E-state index contributed by atoms with van der Waals surface area (Å²) in [7, 11) is 3.42. The van der Waals surface area contributed by atoms with E-state index in [-0.39, 0.29) is 5.97 Å². The van der Waals surface area contributed by atoms with Crippen molar-refractivity contribution < 1.29 is 23.4 Å². The van der Waals surface area contributed by atoms with Crippen LogP contribution in [0.2, 0.25) is 0 Å². The largest absolute Gasteiger partial charge is 0.492 e. The molecule has 0 amide bonds. The van der Waals surface area contributed by atoms with Gasteiger partial charge in [0.15, 0.2) is 11.7 Å². The molecule has 3 aromatic rings. The van der Waals surface area contributed by atoms with Crippen molar-refractivity contribution in [1.82, 2.24) is 4.98 Å². The number of methoxy groups -OCH3 is 1. The summed E-state index contributed by atoms with van der Waals surface area (Å²) in [4.78, 5) is 18.2. The first kappa shape index (κ1) is 20.7. The highest BCUT2D eigenvalue weighted by atomic mass is 16.6. The first-order valence-electron chi connectivity index (χ1n) is 9.58. The molecule has 0 aliphatic heterocycles. The molecule has 0 saturated heterocycles. The Morgan fingerprint density at radius 2 is 1.93 bits per heavy atom. The molecule has 1 atom stereocenters. The number of para-hydroxylation sites is 2. The van der Waals surface area contributed by atoms with Gasteiger partial charge in [-0.25, -0.2) is 4.79 Å². The van der Waals surface area contributed by atoms with Gasteiger partial charge in [-0.05, 0) is 36.8 Å². The quantitative estimate of drug-likeness (QED) is 0.484. The minimum Gasteiger partial charge on any atom is -0.492 e. The van der Waals surface area contributed by atoms with Gasteiger partial charge in [0.1, 0.15) is 17.9 Å². The number of nitrogens with zero attached hydrogens (tertiary/aromatic N) is 2. The van der Waals surface area contributed by atoms with E-state index in [1.54, 1.807) is 6.92 Å². The summed E-state index contributed by atoms with van der Waals surface area (Å²) < 4.78 is 21.8. The summed E-state index contributed by atoms with van der Waals surface area (Å²) in [5, 5.41) is 0. The smallest absolute Gasteiger partial charge is 0.335 e. The molecule has 0 aliphatic carbocycles. The monoisotopic (exact) mass is 398 g/mol. The van der Waals surface area contributed by atoms with E-state index in [9.17, 15) is 4.79 Å². The number of carbonyl (C=O) groups is 1. The molecular weight excluding hydrogens is 372 g/mol. The summed E-state index contributed by atoms with van der Waals surface area (Å²) >= 11 is 0. The van der Waals surface area contributed by atoms with Crippen molar-refractivity contribution in [3.05, 3.63) is 54.1 Å². The van der Waals surface area contributed by atoms with Crippen LogP contribution in [0.3, 0.4) is 0 Å². The van der Waals surface area contributed by atoms with Gasteiger partial charge in [-0.1, -0.05) is 24.3 Å². The molecule has 1 unspecified atom stereocenters. The lowest BCUT2D eigenvalue weighted by Crippen LogP contribution is -2.27. The topological polar surface area (TPSA) is 74.0 Å². The van der Waals surface area contributed by atoms with Crippen LogP contribution in [-0.2, 0) is 20.7 Å². The van der Waals surface area contributed by atoms with Crippen LogP contribution in [0, 0.1) is 0 Å². The highest BCUT2D eigenvalue weighted by molar-refractivity contribution is 5.75. The number of anilines is 1. The maximum absolute atomic E-state index is 11.8. The Morgan fingerprint density at radius 1 is 1.17 bits per heavy atom. The van der Waals surface area contributed by atoms with Crippen LogP contribution in [-0.4, -0.2) is 51.0 Å². The third kappa shape index (κ3) is 5.48. The number of likely N-dealkylation sites (N-methyl/N-ethyl adjacent to an activating group) is 1. The van der Waals surface area contributed by atoms with E-state index in [1.807, 2.05) is 60.5 Å². The molecule has 7 heteroatoms. The molecule has 154 valence electrons. The first-order chi connectivity index (χ1) is 14.1. The number of carbonyl (C=O) groups excluding carboxylic acids is 1. The van der Waals surface area contributed by atoms with E-state index in [0.717, 1.165) is 22.4 Å². The van der Waals surface area contributed by atoms with Gasteiger partial charge in [-0.15, -0.1) is 0 Å². The molecule has 29 heavy (non-hydrogen) atoms. The van der Waals surface area contributed by atoms with Crippen molar-refractivity contribution in [3.8, 4) is 5.75 Å². The Labute approximate surface area is 170 Å².